The van der Waals surface area contributed by atoms with Gasteiger partial charge in [0.1, 0.15) is 0 Å². The minimum absolute atomic E-state index is 0.0198. The second-order valence-electron chi connectivity index (χ2n) is 3.09. The molecule has 1 aromatic rings. The van der Waals surface area contributed by atoms with Crippen LogP contribution in [0.1, 0.15) is 12.5 Å². The minimum atomic E-state index is 0.0198. The van der Waals surface area contributed by atoms with Gasteiger partial charge in [-0.25, -0.2) is 0 Å². The third kappa shape index (κ3) is 4.05. The Morgan fingerprint density at radius 2 is 2.54 bits per heavy atom. The molecule has 0 aromatic carbocycles. The van der Waals surface area contributed by atoms with E-state index in [1.54, 1.807) is 11.3 Å². The molecule has 0 radical (unpaired) electrons. The summed E-state index contributed by atoms with van der Waals surface area (Å²) in [5, 5.41) is 6.71. The molecule has 0 fully saturated rings. The van der Waals surface area contributed by atoms with E-state index in [0.717, 1.165) is 5.56 Å². The number of rotatable bonds is 4. The summed E-state index contributed by atoms with van der Waals surface area (Å²) in [7, 11) is 0. The maximum Gasteiger partial charge on any atom is 0.224 e. The van der Waals surface area contributed by atoms with Gasteiger partial charge < -0.3 is 11.1 Å². The van der Waals surface area contributed by atoms with Gasteiger partial charge in [0.25, 0.3) is 0 Å². The highest BCUT2D eigenvalue weighted by atomic mass is 32.1. The highest BCUT2D eigenvalue weighted by Crippen LogP contribution is 2.05. The molecule has 1 amide bonds. The van der Waals surface area contributed by atoms with Crippen molar-refractivity contribution in [3.63, 3.8) is 0 Å². The molecular formula is C9H14N2OS. The number of carbonyl (C=O) groups excluding carboxylic acids is 1. The molecule has 0 spiro atoms. The van der Waals surface area contributed by atoms with Gasteiger partial charge in [0.05, 0.1) is 6.42 Å². The first-order chi connectivity index (χ1) is 6.18. The average molecular weight is 198 g/mol. The number of amides is 1. The van der Waals surface area contributed by atoms with Crippen molar-refractivity contribution in [2.45, 2.75) is 19.4 Å². The second-order valence-corrected chi connectivity index (χ2v) is 3.87. The van der Waals surface area contributed by atoms with Crippen LogP contribution in [0.15, 0.2) is 16.8 Å². The van der Waals surface area contributed by atoms with Gasteiger partial charge in [0.15, 0.2) is 0 Å². The molecule has 1 atom stereocenters. The monoisotopic (exact) mass is 198 g/mol. The van der Waals surface area contributed by atoms with E-state index in [-0.39, 0.29) is 11.9 Å². The van der Waals surface area contributed by atoms with E-state index in [1.807, 2.05) is 23.8 Å². The van der Waals surface area contributed by atoms with Crippen molar-refractivity contribution in [1.29, 1.82) is 0 Å². The van der Waals surface area contributed by atoms with E-state index >= 15 is 0 Å². The first-order valence-electron chi connectivity index (χ1n) is 4.22. The molecule has 0 saturated heterocycles. The maximum absolute atomic E-state index is 11.3. The number of hydrogen-bond acceptors (Lipinski definition) is 3. The average Bonchev–Trinajstić information content (AvgIpc) is 2.53. The van der Waals surface area contributed by atoms with Crippen LogP contribution in [0.3, 0.4) is 0 Å². The lowest BCUT2D eigenvalue weighted by atomic mass is 10.2. The van der Waals surface area contributed by atoms with E-state index in [4.69, 9.17) is 5.73 Å². The van der Waals surface area contributed by atoms with Crippen LogP contribution < -0.4 is 11.1 Å². The van der Waals surface area contributed by atoms with Crippen LogP contribution in [0, 0.1) is 0 Å². The molecule has 3 N–H and O–H groups in total. The Hall–Kier alpha value is -0.870. The van der Waals surface area contributed by atoms with Crippen LogP contribution in [-0.2, 0) is 11.2 Å². The van der Waals surface area contributed by atoms with Gasteiger partial charge in [0, 0.05) is 12.6 Å². The minimum Gasteiger partial charge on any atom is -0.354 e. The summed E-state index contributed by atoms with van der Waals surface area (Å²) in [5.74, 6) is 0.0377. The van der Waals surface area contributed by atoms with Crippen molar-refractivity contribution in [2.75, 3.05) is 6.54 Å². The van der Waals surface area contributed by atoms with Crippen molar-refractivity contribution >= 4 is 17.2 Å². The number of carbonyl (C=O) groups is 1. The fraction of sp³-hybridized carbons (Fsp3) is 0.444. The molecule has 4 heteroatoms. The normalized spacial score (nSPS) is 12.5. The van der Waals surface area contributed by atoms with Crippen LogP contribution in [0.4, 0.5) is 0 Å². The van der Waals surface area contributed by atoms with Gasteiger partial charge in [-0.15, -0.1) is 0 Å². The van der Waals surface area contributed by atoms with Crippen molar-refractivity contribution in [1.82, 2.24) is 5.32 Å². The summed E-state index contributed by atoms with van der Waals surface area (Å²) in [5.41, 5.74) is 6.56. The Morgan fingerprint density at radius 3 is 3.08 bits per heavy atom. The lowest BCUT2D eigenvalue weighted by molar-refractivity contribution is -0.120. The summed E-state index contributed by atoms with van der Waals surface area (Å²) in [6, 6.07) is 1.97. The number of nitrogens with two attached hydrogens (primary N) is 1. The van der Waals surface area contributed by atoms with Crippen LogP contribution >= 0.6 is 11.3 Å². The molecule has 3 nitrogen and oxygen atoms in total. The SMILES string of the molecule is CC(N)CNC(=O)Cc1ccsc1. The molecule has 13 heavy (non-hydrogen) atoms. The highest BCUT2D eigenvalue weighted by molar-refractivity contribution is 7.07. The molecule has 1 aromatic heterocycles. The summed E-state index contributed by atoms with van der Waals surface area (Å²) in [6.45, 7) is 2.41. The van der Waals surface area contributed by atoms with Gasteiger partial charge in [-0.05, 0) is 29.3 Å². The van der Waals surface area contributed by atoms with E-state index in [0.29, 0.717) is 13.0 Å². The molecule has 1 unspecified atom stereocenters. The Balaban J connectivity index is 2.26. The maximum atomic E-state index is 11.3. The Morgan fingerprint density at radius 1 is 1.77 bits per heavy atom. The van der Waals surface area contributed by atoms with E-state index in [9.17, 15) is 4.79 Å². The highest BCUT2D eigenvalue weighted by Gasteiger charge is 2.03. The van der Waals surface area contributed by atoms with Crippen LogP contribution in [0.25, 0.3) is 0 Å². The molecule has 0 aliphatic carbocycles. The summed E-state index contributed by atoms with van der Waals surface area (Å²) < 4.78 is 0. The molecule has 72 valence electrons. The Kier molecular flexibility index (Phi) is 3.92. The zero-order valence-electron chi connectivity index (χ0n) is 7.62. The zero-order chi connectivity index (χ0) is 9.68. The third-order valence-electron chi connectivity index (χ3n) is 1.57. The molecular weight excluding hydrogens is 184 g/mol. The van der Waals surface area contributed by atoms with Gasteiger partial charge in [-0.3, -0.25) is 4.79 Å². The van der Waals surface area contributed by atoms with Gasteiger partial charge in [-0.2, -0.15) is 11.3 Å². The number of hydrogen-bond donors (Lipinski definition) is 2. The van der Waals surface area contributed by atoms with E-state index < -0.39 is 0 Å². The predicted octanol–water partition coefficient (Wildman–Crippen LogP) is 0.754. The van der Waals surface area contributed by atoms with Crippen molar-refractivity contribution in [2.24, 2.45) is 5.73 Å². The molecule has 0 aliphatic rings. The van der Waals surface area contributed by atoms with Gasteiger partial charge in [0.2, 0.25) is 5.91 Å². The summed E-state index contributed by atoms with van der Waals surface area (Å²) >= 11 is 1.60. The lowest BCUT2D eigenvalue weighted by Gasteiger charge is -2.06. The smallest absolute Gasteiger partial charge is 0.224 e. The molecule has 0 bridgehead atoms. The van der Waals surface area contributed by atoms with Crippen molar-refractivity contribution in [3.05, 3.63) is 22.4 Å². The summed E-state index contributed by atoms with van der Waals surface area (Å²) in [4.78, 5) is 11.3. The van der Waals surface area contributed by atoms with Gasteiger partial charge >= 0.3 is 0 Å². The van der Waals surface area contributed by atoms with Crippen molar-refractivity contribution in [3.8, 4) is 0 Å². The van der Waals surface area contributed by atoms with Crippen LogP contribution in [0.5, 0.6) is 0 Å². The van der Waals surface area contributed by atoms with E-state index in [1.165, 1.54) is 0 Å². The first-order valence-corrected chi connectivity index (χ1v) is 5.16. The van der Waals surface area contributed by atoms with Crippen LogP contribution in [0.2, 0.25) is 0 Å². The fourth-order valence-electron chi connectivity index (χ4n) is 0.916. The quantitative estimate of drug-likeness (QED) is 0.750. The topological polar surface area (TPSA) is 55.1 Å². The first kappa shape index (κ1) is 10.2. The standard InChI is InChI=1S/C9H14N2OS/c1-7(10)5-11-9(12)4-8-2-3-13-6-8/h2-3,6-7H,4-5,10H2,1H3,(H,11,12). The fourth-order valence-corrected chi connectivity index (χ4v) is 1.58. The Bertz CT molecular complexity index is 257. The second kappa shape index (κ2) is 4.99. The third-order valence-corrected chi connectivity index (χ3v) is 2.30. The molecule has 1 rings (SSSR count). The largest absolute Gasteiger partial charge is 0.354 e. The lowest BCUT2D eigenvalue weighted by Crippen LogP contribution is -2.35. The van der Waals surface area contributed by atoms with Gasteiger partial charge in [-0.1, -0.05) is 0 Å². The number of nitrogens with one attached hydrogen (secondary N) is 1. The summed E-state index contributed by atoms with van der Waals surface area (Å²) in [6.07, 6.45) is 0.455. The number of thiophene rings is 1. The van der Waals surface area contributed by atoms with Crippen LogP contribution in [-0.4, -0.2) is 18.5 Å². The molecule has 0 aliphatic heterocycles. The van der Waals surface area contributed by atoms with Crippen molar-refractivity contribution < 1.29 is 4.79 Å². The molecule has 0 saturated carbocycles. The molecule has 1 heterocycles. The Labute approximate surface area is 81.9 Å². The zero-order valence-corrected chi connectivity index (χ0v) is 8.43. The predicted molar refractivity (Wildman–Crippen MR) is 54.7 cm³/mol. The van der Waals surface area contributed by atoms with E-state index in [2.05, 4.69) is 5.32 Å².